The van der Waals surface area contributed by atoms with E-state index in [-0.39, 0.29) is 5.41 Å². The zero-order chi connectivity index (χ0) is 12.4. The van der Waals surface area contributed by atoms with Crippen molar-refractivity contribution in [3.05, 3.63) is 59.5 Å². The standard InChI is InChI=1S/C16H17BrO/c17-12-16(10-13-7-9-18-11-13)8-3-5-14-4-1-2-6-15(14)16/h1-2,4,6-7,9,11H,3,5,8,10,12H2. The first-order valence-corrected chi connectivity index (χ1v) is 7.62. The largest absolute Gasteiger partial charge is 0.472 e. The van der Waals surface area contributed by atoms with Crippen molar-refractivity contribution in [1.82, 2.24) is 0 Å². The van der Waals surface area contributed by atoms with Gasteiger partial charge in [0.2, 0.25) is 0 Å². The number of furan rings is 1. The molecule has 0 N–H and O–H groups in total. The molecule has 0 saturated carbocycles. The van der Waals surface area contributed by atoms with Gasteiger partial charge in [0.1, 0.15) is 0 Å². The lowest BCUT2D eigenvalue weighted by Gasteiger charge is -2.38. The quantitative estimate of drug-likeness (QED) is 0.761. The molecule has 1 aromatic heterocycles. The Kier molecular flexibility index (Phi) is 3.29. The van der Waals surface area contributed by atoms with Crippen molar-refractivity contribution in [2.24, 2.45) is 0 Å². The number of hydrogen-bond acceptors (Lipinski definition) is 1. The van der Waals surface area contributed by atoms with Crippen LogP contribution in [0.5, 0.6) is 0 Å². The van der Waals surface area contributed by atoms with Gasteiger partial charge in [-0.2, -0.15) is 0 Å². The van der Waals surface area contributed by atoms with E-state index in [1.54, 1.807) is 6.26 Å². The number of hydrogen-bond donors (Lipinski definition) is 0. The summed E-state index contributed by atoms with van der Waals surface area (Å²) >= 11 is 3.75. The van der Waals surface area contributed by atoms with E-state index in [9.17, 15) is 0 Å². The summed E-state index contributed by atoms with van der Waals surface area (Å²) in [6, 6.07) is 11.0. The Morgan fingerprint density at radius 1 is 1.22 bits per heavy atom. The van der Waals surface area contributed by atoms with Gasteiger partial charge in [-0.1, -0.05) is 40.2 Å². The molecule has 1 nitrogen and oxygen atoms in total. The predicted octanol–water partition coefficient (Wildman–Crippen LogP) is 4.49. The molecule has 3 rings (SSSR count). The van der Waals surface area contributed by atoms with Crippen LogP contribution < -0.4 is 0 Å². The molecule has 2 heteroatoms. The number of alkyl halides is 1. The number of halogens is 1. The van der Waals surface area contributed by atoms with Crippen molar-refractivity contribution in [1.29, 1.82) is 0 Å². The molecule has 18 heavy (non-hydrogen) atoms. The zero-order valence-electron chi connectivity index (χ0n) is 10.4. The van der Waals surface area contributed by atoms with Gasteiger partial charge in [0.05, 0.1) is 12.5 Å². The number of fused-ring (bicyclic) bond motifs is 1. The minimum absolute atomic E-state index is 0.235. The highest BCUT2D eigenvalue weighted by Gasteiger charge is 2.35. The summed E-state index contributed by atoms with van der Waals surface area (Å²) in [5.74, 6) is 0. The third kappa shape index (κ3) is 2.03. The maximum Gasteiger partial charge on any atom is 0.0934 e. The van der Waals surface area contributed by atoms with Crippen LogP contribution in [-0.2, 0) is 18.3 Å². The van der Waals surface area contributed by atoms with Crippen LogP contribution in [0.2, 0.25) is 0 Å². The van der Waals surface area contributed by atoms with E-state index in [4.69, 9.17) is 4.42 Å². The molecule has 0 aliphatic heterocycles. The Balaban J connectivity index is 2.02. The third-order valence-electron chi connectivity index (χ3n) is 4.07. The Bertz CT molecular complexity index is 518. The van der Waals surface area contributed by atoms with E-state index < -0.39 is 0 Å². The van der Waals surface area contributed by atoms with Gasteiger partial charge in [-0.15, -0.1) is 0 Å². The summed E-state index contributed by atoms with van der Waals surface area (Å²) < 4.78 is 5.22. The molecule has 0 amide bonds. The van der Waals surface area contributed by atoms with Gasteiger partial charge >= 0.3 is 0 Å². The Morgan fingerprint density at radius 3 is 2.89 bits per heavy atom. The van der Waals surface area contributed by atoms with Crippen LogP contribution in [0.4, 0.5) is 0 Å². The van der Waals surface area contributed by atoms with Crippen LogP contribution in [0.1, 0.15) is 29.5 Å². The molecule has 0 radical (unpaired) electrons. The molecule has 1 aromatic carbocycles. The summed E-state index contributed by atoms with van der Waals surface area (Å²) in [6.45, 7) is 0. The molecule has 0 bridgehead atoms. The van der Waals surface area contributed by atoms with Gasteiger partial charge in [-0.05, 0) is 48.4 Å². The van der Waals surface area contributed by atoms with Gasteiger partial charge in [-0.25, -0.2) is 0 Å². The van der Waals surface area contributed by atoms with Crippen molar-refractivity contribution in [3.8, 4) is 0 Å². The summed E-state index contributed by atoms with van der Waals surface area (Å²) in [7, 11) is 0. The second-order valence-electron chi connectivity index (χ2n) is 5.23. The zero-order valence-corrected chi connectivity index (χ0v) is 11.9. The molecule has 1 aliphatic carbocycles. The van der Waals surface area contributed by atoms with Gasteiger partial charge < -0.3 is 4.42 Å². The van der Waals surface area contributed by atoms with Crippen molar-refractivity contribution < 1.29 is 4.42 Å². The first kappa shape index (κ1) is 12.0. The molecule has 0 spiro atoms. The Labute approximate surface area is 116 Å². The maximum absolute atomic E-state index is 5.22. The van der Waals surface area contributed by atoms with Crippen molar-refractivity contribution >= 4 is 15.9 Å². The fraction of sp³-hybridized carbons (Fsp3) is 0.375. The summed E-state index contributed by atoms with van der Waals surface area (Å²) in [6.07, 6.45) is 8.45. The Morgan fingerprint density at radius 2 is 2.11 bits per heavy atom. The van der Waals surface area contributed by atoms with Crippen LogP contribution in [0, 0.1) is 0 Å². The molecular weight excluding hydrogens is 288 g/mol. The van der Waals surface area contributed by atoms with Gasteiger partial charge in [0, 0.05) is 10.7 Å². The number of aryl methyl sites for hydroxylation is 1. The van der Waals surface area contributed by atoms with E-state index in [1.165, 1.54) is 36.0 Å². The predicted molar refractivity (Wildman–Crippen MR) is 77.3 cm³/mol. The number of benzene rings is 1. The molecule has 1 unspecified atom stereocenters. The first-order chi connectivity index (χ1) is 8.84. The van der Waals surface area contributed by atoms with Crippen LogP contribution in [0.25, 0.3) is 0 Å². The van der Waals surface area contributed by atoms with Gasteiger partial charge in [-0.3, -0.25) is 0 Å². The second kappa shape index (κ2) is 4.93. The lowest BCUT2D eigenvalue weighted by atomic mass is 9.68. The molecule has 1 aliphatic rings. The van der Waals surface area contributed by atoms with Crippen LogP contribution in [0.3, 0.4) is 0 Å². The lowest BCUT2D eigenvalue weighted by molar-refractivity contribution is 0.399. The van der Waals surface area contributed by atoms with Crippen molar-refractivity contribution in [3.63, 3.8) is 0 Å². The summed E-state index contributed by atoms with van der Waals surface area (Å²) in [5, 5.41) is 1.02. The highest BCUT2D eigenvalue weighted by molar-refractivity contribution is 9.09. The monoisotopic (exact) mass is 304 g/mol. The molecule has 94 valence electrons. The van der Waals surface area contributed by atoms with E-state index in [0.29, 0.717) is 0 Å². The van der Waals surface area contributed by atoms with Gasteiger partial charge in [0.25, 0.3) is 0 Å². The minimum atomic E-state index is 0.235. The number of rotatable bonds is 3. The smallest absolute Gasteiger partial charge is 0.0934 e. The molecule has 0 fully saturated rings. The molecular formula is C16H17BrO. The van der Waals surface area contributed by atoms with Crippen LogP contribution in [-0.4, -0.2) is 5.33 Å². The Hall–Kier alpha value is -1.02. The maximum atomic E-state index is 5.22. The SMILES string of the molecule is BrCC1(Cc2ccoc2)CCCc2ccccc21. The molecule has 1 heterocycles. The van der Waals surface area contributed by atoms with Crippen LogP contribution in [0.15, 0.2) is 47.3 Å². The molecule has 1 atom stereocenters. The highest BCUT2D eigenvalue weighted by atomic mass is 79.9. The van der Waals surface area contributed by atoms with E-state index in [0.717, 1.165) is 11.8 Å². The molecule has 2 aromatic rings. The average Bonchev–Trinajstić information content (AvgIpc) is 2.92. The van der Waals surface area contributed by atoms with E-state index in [1.807, 2.05) is 6.26 Å². The summed E-state index contributed by atoms with van der Waals surface area (Å²) in [4.78, 5) is 0. The van der Waals surface area contributed by atoms with Crippen molar-refractivity contribution in [2.75, 3.05) is 5.33 Å². The van der Waals surface area contributed by atoms with E-state index in [2.05, 4.69) is 46.3 Å². The fourth-order valence-electron chi connectivity index (χ4n) is 3.16. The lowest BCUT2D eigenvalue weighted by Crippen LogP contribution is -2.34. The molecule has 0 saturated heterocycles. The fourth-order valence-corrected chi connectivity index (χ4v) is 3.94. The highest BCUT2D eigenvalue weighted by Crippen LogP contribution is 2.41. The summed E-state index contributed by atoms with van der Waals surface area (Å²) in [5.41, 5.74) is 4.57. The van der Waals surface area contributed by atoms with E-state index >= 15 is 0 Å². The van der Waals surface area contributed by atoms with Crippen LogP contribution >= 0.6 is 15.9 Å². The third-order valence-corrected chi connectivity index (χ3v) is 5.14. The minimum Gasteiger partial charge on any atom is -0.472 e. The van der Waals surface area contributed by atoms with Gasteiger partial charge in [0.15, 0.2) is 0 Å². The first-order valence-electron chi connectivity index (χ1n) is 6.49. The second-order valence-corrected chi connectivity index (χ2v) is 5.79. The normalized spacial score (nSPS) is 22.7. The topological polar surface area (TPSA) is 13.1 Å². The average molecular weight is 305 g/mol. The van der Waals surface area contributed by atoms with Crippen molar-refractivity contribution in [2.45, 2.75) is 31.1 Å².